The average molecular weight is 404 g/mol. The highest BCUT2D eigenvalue weighted by Crippen LogP contribution is 2.24. The van der Waals surface area contributed by atoms with E-state index in [0.29, 0.717) is 0 Å². The van der Waals surface area contributed by atoms with E-state index in [1.807, 2.05) is 28.9 Å². The molecule has 0 radical (unpaired) electrons. The monoisotopic (exact) mass is 403 g/mol. The lowest BCUT2D eigenvalue weighted by atomic mass is 10.2. The summed E-state index contributed by atoms with van der Waals surface area (Å²) in [7, 11) is 3.85. The third kappa shape index (κ3) is 4.30. The predicted octanol–water partition coefficient (Wildman–Crippen LogP) is 2.47. The summed E-state index contributed by atoms with van der Waals surface area (Å²) >= 11 is 5.83. The fourth-order valence-electron chi connectivity index (χ4n) is 3.82. The number of nitrogens with zero attached hydrogens (tertiary/aromatic N) is 5. The van der Waals surface area contributed by atoms with Crippen LogP contribution < -0.4 is 4.74 Å². The first-order valence-electron chi connectivity index (χ1n) is 9.98. The van der Waals surface area contributed by atoms with Crippen molar-refractivity contribution in [1.82, 2.24) is 24.1 Å². The van der Waals surface area contributed by atoms with Crippen LogP contribution in [0.15, 0.2) is 24.3 Å². The number of hydrogen-bond donors (Lipinski definition) is 0. The molecule has 3 heterocycles. The highest BCUT2D eigenvalue weighted by atomic mass is 32.1. The summed E-state index contributed by atoms with van der Waals surface area (Å²) < 4.78 is 16.0. The first-order chi connectivity index (χ1) is 13.6. The quantitative estimate of drug-likeness (QED) is 0.691. The Bertz CT molecular complexity index is 833. The standard InChI is InChI=1S/C20H29N5O2S/c1-22-9-11-23(12-10-22)15-25-20(28)24(14-18-4-3-13-27-18)19(21-25)16-5-7-17(26-2)8-6-16/h5-8,18H,3-4,9-15H2,1-2H3/t18-/m0/s1. The Kier molecular flexibility index (Phi) is 6.10. The van der Waals surface area contributed by atoms with Crippen molar-refractivity contribution in [3.8, 4) is 17.1 Å². The summed E-state index contributed by atoms with van der Waals surface area (Å²) in [6.45, 7) is 6.55. The first-order valence-corrected chi connectivity index (χ1v) is 10.4. The van der Waals surface area contributed by atoms with Crippen molar-refractivity contribution in [2.75, 3.05) is 46.9 Å². The van der Waals surface area contributed by atoms with Crippen LogP contribution in [0.4, 0.5) is 0 Å². The summed E-state index contributed by atoms with van der Waals surface area (Å²) in [5.41, 5.74) is 1.04. The third-order valence-electron chi connectivity index (χ3n) is 5.61. The van der Waals surface area contributed by atoms with E-state index in [4.69, 9.17) is 26.8 Å². The molecule has 0 aliphatic carbocycles. The number of benzene rings is 1. The molecule has 2 aromatic rings. The van der Waals surface area contributed by atoms with Gasteiger partial charge in [-0.3, -0.25) is 9.47 Å². The number of likely N-dealkylation sites (N-methyl/N-ethyl adjacent to an activating group) is 1. The minimum atomic E-state index is 0.213. The van der Waals surface area contributed by atoms with E-state index in [1.54, 1.807) is 7.11 Å². The van der Waals surface area contributed by atoms with Crippen molar-refractivity contribution in [3.63, 3.8) is 0 Å². The molecule has 7 nitrogen and oxygen atoms in total. The van der Waals surface area contributed by atoms with E-state index in [9.17, 15) is 0 Å². The van der Waals surface area contributed by atoms with E-state index in [1.165, 1.54) is 0 Å². The number of rotatable bonds is 6. The lowest BCUT2D eigenvalue weighted by molar-refractivity contribution is 0.0961. The Morgan fingerprint density at radius 1 is 1.18 bits per heavy atom. The number of hydrogen-bond acceptors (Lipinski definition) is 6. The maximum atomic E-state index is 5.87. The molecular formula is C20H29N5O2S. The maximum Gasteiger partial charge on any atom is 0.199 e. The van der Waals surface area contributed by atoms with Crippen molar-refractivity contribution in [1.29, 1.82) is 0 Å². The van der Waals surface area contributed by atoms with E-state index in [-0.39, 0.29) is 6.10 Å². The average Bonchev–Trinajstić information content (AvgIpc) is 3.34. The summed E-state index contributed by atoms with van der Waals surface area (Å²) in [6.07, 6.45) is 2.41. The number of ether oxygens (including phenoxy) is 2. The molecule has 28 heavy (non-hydrogen) atoms. The van der Waals surface area contributed by atoms with Gasteiger partial charge in [0.25, 0.3) is 0 Å². The molecule has 0 saturated carbocycles. The second kappa shape index (κ2) is 8.73. The Labute approximate surface area is 171 Å². The molecule has 2 aliphatic heterocycles. The Morgan fingerprint density at radius 2 is 1.93 bits per heavy atom. The Balaban J connectivity index is 1.63. The van der Waals surface area contributed by atoms with Crippen molar-refractivity contribution in [2.24, 2.45) is 0 Å². The van der Waals surface area contributed by atoms with Gasteiger partial charge >= 0.3 is 0 Å². The summed E-state index contributed by atoms with van der Waals surface area (Å²) in [4.78, 5) is 4.77. The second-order valence-corrected chi connectivity index (χ2v) is 8.01. The largest absolute Gasteiger partial charge is 0.497 e. The van der Waals surface area contributed by atoms with Gasteiger partial charge in [0.05, 0.1) is 26.4 Å². The van der Waals surface area contributed by atoms with Gasteiger partial charge in [0.2, 0.25) is 0 Å². The molecule has 2 aliphatic rings. The Hall–Kier alpha value is -1.74. The molecule has 8 heteroatoms. The smallest absolute Gasteiger partial charge is 0.199 e. The van der Waals surface area contributed by atoms with Gasteiger partial charge in [-0.25, -0.2) is 4.68 Å². The second-order valence-electron chi connectivity index (χ2n) is 7.64. The highest BCUT2D eigenvalue weighted by molar-refractivity contribution is 7.71. The maximum absolute atomic E-state index is 5.87. The molecule has 0 N–H and O–H groups in total. The topological polar surface area (TPSA) is 47.7 Å². The summed E-state index contributed by atoms with van der Waals surface area (Å²) in [5.74, 6) is 1.74. The van der Waals surface area contributed by atoms with Crippen LogP contribution >= 0.6 is 12.2 Å². The van der Waals surface area contributed by atoms with E-state index < -0.39 is 0 Å². The molecule has 0 amide bonds. The van der Waals surface area contributed by atoms with Gasteiger partial charge in [-0.15, -0.1) is 0 Å². The van der Waals surface area contributed by atoms with Gasteiger partial charge in [-0.1, -0.05) is 0 Å². The summed E-state index contributed by atoms with van der Waals surface area (Å²) in [5, 5.41) is 4.91. The van der Waals surface area contributed by atoms with Crippen LogP contribution in [0.2, 0.25) is 0 Å². The normalized spacial score (nSPS) is 21.3. The Morgan fingerprint density at radius 3 is 2.57 bits per heavy atom. The zero-order chi connectivity index (χ0) is 19.5. The zero-order valence-electron chi connectivity index (χ0n) is 16.7. The van der Waals surface area contributed by atoms with Crippen LogP contribution in [0.5, 0.6) is 5.75 Å². The van der Waals surface area contributed by atoms with Gasteiger partial charge in [-0.05, 0) is 56.4 Å². The van der Waals surface area contributed by atoms with Gasteiger partial charge in [0.15, 0.2) is 10.6 Å². The SMILES string of the molecule is COc1ccc(-c2nn(CN3CCN(C)CC3)c(=S)n2C[C@@H]2CCCO2)cc1. The predicted molar refractivity (Wildman–Crippen MR) is 111 cm³/mol. The number of methoxy groups -OCH3 is 1. The van der Waals surface area contributed by atoms with E-state index >= 15 is 0 Å². The highest BCUT2D eigenvalue weighted by Gasteiger charge is 2.22. The van der Waals surface area contributed by atoms with Crippen LogP contribution in [0, 0.1) is 4.77 Å². The fraction of sp³-hybridized carbons (Fsp3) is 0.600. The van der Waals surface area contributed by atoms with Crippen LogP contribution in [-0.2, 0) is 18.0 Å². The summed E-state index contributed by atoms with van der Waals surface area (Å²) in [6, 6.07) is 8.02. The van der Waals surface area contributed by atoms with Crippen LogP contribution in [0.25, 0.3) is 11.4 Å². The minimum Gasteiger partial charge on any atom is -0.497 e. The molecular weight excluding hydrogens is 374 g/mol. The molecule has 152 valence electrons. The third-order valence-corrected chi connectivity index (χ3v) is 6.04. The molecule has 2 saturated heterocycles. The van der Waals surface area contributed by atoms with Crippen molar-refractivity contribution >= 4 is 12.2 Å². The van der Waals surface area contributed by atoms with Crippen LogP contribution in [0.1, 0.15) is 12.8 Å². The van der Waals surface area contributed by atoms with Crippen molar-refractivity contribution in [2.45, 2.75) is 32.2 Å². The van der Waals surface area contributed by atoms with Crippen LogP contribution in [-0.4, -0.2) is 77.2 Å². The van der Waals surface area contributed by atoms with Gasteiger partial charge in [0.1, 0.15) is 5.75 Å². The lowest BCUT2D eigenvalue weighted by Gasteiger charge is -2.31. The van der Waals surface area contributed by atoms with Crippen LogP contribution in [0.3, 0.4) is 0 Å². The van der Waals surface area contributed by atoms with Crippen molar-refractivity contribution in [3.05, 3.63) is 29.0 Å². The van der Waals surface area contributed by atoms with Gasteiger partial charge in [0, 0.05) is 38.3 Å². The van der Waals surface area contributed by atoms with Crippen molar-refractivity contribution < 1.29 is 9.47 Å². The minimum absolute atomic E-state index is 0.213. The molecule has 2 fully saturated rings. The molecule has 0 unspecified atom stereocenters. The fourth-order valence-corrected chi connectivity index (χ4v) is 4.08. The van der Waals surface area contributed by atoms with Gasteiger partial charge in [-0.2, -0.15) is 5.10 Å². The zero-order valence-corrected chi connectivity index (χ0v) is 17.5. The first kappa shape index (κ1) is 19.6. The van der Waals surface area contributed by atoms with E-state index in [0.717, 1.165) is 80.7 Å². The number of piperazine rings is 1. The molecule has 0 spiro atoms. The molecule has 4 rings (SSSR count). The molecule has 1 atom stereocenters. The number of aromatic nitrogens is 3. The van der Waals surface area contributed by atoms with Gasteiger partial charge < -0.3 is 14.4 Å². The molecule has 1 aromatic carbocycles. The lowest BCUT2D eigenvalue weighted by Crippen LogP contribution is -2.45. The molecule has 0 bridgehead atoms. The molecule has 1 aromatic heterocycles. The van der Waals surface area contributed by atoms with E-state index in [2.05, 4.69) is 21.4 Å².